The van der Waals surface area contributed by atoms with Crippen LogP contribution in [-0.4, -0.2) is 32.7 Å². The van der Waals surface area contributed by atoms with Crippen LogP contribution >= 0.6 is 31.9 Å². The summed E-state index contributed by atoms with van der Waals surface area (Å²) in [6.07, 6.45) is 1.46. The number of rotatable bonds is 5. The fourth-order valence-electron chi connectivity index (χ4n) is 2.49. The molecule has 0 bridgehead atoms. The number of pyridine rings is 1. The van der Waals surface area contributed by atoms with Crippen molar-refractivity contribution < 1.29 is 4.79 Å². The van der Waals surface area contributed by atoms with E-state index in [1.54, 1.807) is 31.3 Å². The Labute approximate surface area is 178 Å². The first-order valence-electron chi connectivity index (χ1n) is 8.19. The van der Waals surface area contributed by atoms with Gasteiger partial charge in [-0.25, -0.2) is 4.98 Å². The number of hydrogen-bond acceptors (Lipinski definition) is 6. The van der Waals surface area contributed by atoms with Crippen molar-refractivity contribution >= 4 is 43.7 Å². The molecule has 0 spiro atoms. The third-order valence-corrected chi connectivity index (χ3v) is 4.73. The van der Waals surface area contributed by atoms with Crippen LogP contribution in [0.5, 0.6) is 0 Å². The first kappa shape index (κ1) is 20.0. The minimum atomic E-state index is -0.447. The van der Waals surface area contributed by atoms with Crippen molar-refractivity contribution in [2.75, 3.05) is 12.4 Å². The van der Waals surface area contributed by atoms with Crippen LogP contribution in [0.25, 0.3) is 5.82 Å². The second-order valence-corrected chi connectivity index (χ2v) is 7.66. The van der Waals surface area contributed by atoms with Crippen molar-refractivity contribution in [1.29, 1.82) is 5.26 Å². The van der Waals surface area contributed by atoms with Gasteiger partial charge in [0.25, 0.3) is 5.91 Å². The summed E-state index contributed by atoms with van der Waals surface area (Å²) in [4.78, 5) is 21.4. The van der Waals surface area contributed by atoms with Gasteiger partial charge in [-0.3, -0.25) is 4.79 Å². The lowest BCUT2D eigenvalue weighted by molar-refractivity contribution is 0.0937. The normalized spacial score (nSPS) is 11.5. The zero-order chi connectivity index (χ0) is 20.3. The number of anilines is 1. The molecule has 0 saturated heterocycles. The molecule has 3 aromatic rings. The quantitative estimate of drug-likeness (QED) is 0.549. The van der Waals surface area contributed by atoms with Crippen LogP contribution in [0.3, 0.4) is 0 Å². The number of nitrogens with one attached hydrogen (secondary N) is 2. The predicted octanol–water partition coefficient (Wildman–Crippen LogP) is 3.59. The molecule has 0 saturated carbocycles. The van der Waals surface area contributed by atoms with E-state index in [1.165, 1.54) is 10.9 Å². The Balaban J connectivity index is 1.90. The lowest BCUT2D eigenvalue weighted by atomic mass is 10.2. The molecule has 0 fully saturated rings. The highest BCUT2D eigenvalue weighted by Gasteiger charge is 2.21. The molecule has 142 valence electrons. The van der Waals surface area contributed by atoms with Crippen molar-refractivity contribution in [3.8, 4) is 11.9 Å². The Hall–Kier alpha value is -2.77. The molecule has 2 heterocycles. The van der Waals surface area contributed by atoms with E-state index in [0.29, 0.717) is 28.7 Å². The topological polar surface area (TPSA) is 109 Å². The van der Waals surface area contributed by atoms with Crippen molar-refractivity contribution in [2.45, 2.75) is 13.0 Å². The molecule has 1 aromatic carbocycles. The van der Waals surface area contributed by atoms with Gasteiger partial charge in [-0.1, -0.05) is 31.9 Å². The summed E-state index contributed by atoms with van der Waals surface area (Å²) in [6.45, 7) is 1.81. The monoisotopic (exact) mass is 503 g/mol. The van der Waals surface area contributed by atoms with Crippen molar-refractivity contribution in [2.24, 2.45) is 0 Å². The maximum Gasteiger partial charge on any atom is 0.251 e. The lowest BCUT2D eigenvalue weighted by Crippen LogP contribution is -2.28. The highest BCUT2D eigenvalue weighted by molar-refractivity contribution is 9.11. The van der Waals surface area contributed by atoms with Gasteiger partial charge in [-0.05, 0) is 37.3 Å². The van der Waals surface area contributed by atoms with Gasteiger partial charge in [-0.15, -0.1) is 5.10 Å². The number of carbonyl (C=O) groups is 1. The summed E-state index contributed by atoms with van der Waals surface area (Å²) < 4.78 is 3.12. The first-order valence-corrected chi connectivity index (χ1v) is 9.78. The van der Waals surface area contributed by atoms with E-state index in [2.05, 4.69) is 57.6 Å². The number of aromatic nitrogens is 4. The van der Waals surface area contributed by atoms with Gasteiger partial charge in [0.05, 0.1) is 11.6 Å². The molecule has 0 aliphatic heterocycles. The fourth-order valence-corrected chi connectivity index (χ4v) is 3.78. The van der Waals surface area contributed by atoms with E-state index in [4.69, 9.17) is 5.26 Å². The molecule has 0 aliphatic rings. The van der Waals surface area contributed by atoms with Crippen molar-refractivity contribution in [3.05, 3.63) is 62.4 Å². The van der Waals surface area contributed by atoms with Crippen molar-refractivity contribution in [1.82, 2.24) is 25.1 Å². The lowest BCUT2D eigenvalue weighted by Gasteiger charge is -2.14. The summed E-state index contributed by atoms with van der Waals surface area (Å²) in [5.41, 5.74) is 0.949. The second-order valence-electron chi connectivity index (χ2n) is 5.83. The molecule has 8 nitrogen and oxygen atoms in total. The number of benzene rings is 1. The van der Waals surface area contributed by atoms with Gasteiger partial charge in [0, 0.05) is 27.8 Å². The smallest absolute Gasteiger partial charge is 0.251 e. The molecule has 10 heteroatoms. The summed E-state index contributed by atoms with van der Waals surface area (Å²) in [5, 5.41) is 19.1. The zero-order valence-corrected chi connectivity index (χ0v) is 18.1. The molecule has 28 heavy (non-hydrogen) atoms. The highest BCUT2D eigenvalue weighted by Crippen LogP contribution is 2.22. The van der Waals surface area contributed by atoms with Crippen LogP contribution in [0.15, 0.2) is 45.5 Å². The SMILES string of the molecule is CNc1nc([C@H](C)NC(=O)c2cc(Br)cc(Br)c2)n(-c2ccc(C#N)cn2)n1. The Morgan fingerprint density at radius 1 is 1.25 bits per heavy atom. The molecule has 0 radical (unpaired) electrons. The Morgan fingerprint density at radius 2 is 1.96 bits per heavy atom. The number of hydrogen-bond donors (Lipinski definition) is 2. The average molecular weight is 505 g/mol. The van der Waals surface area contributed by atoms with Gasteiger partial charge >= 0.3 is 0 Å². The molecule has 2 aromatic heterocycles. The fraction of sp³-hybridized carbons (Fsp3) is 0.167. The number of nitriles is 1. The maximum atomic E-state index is 12.7. The van der Waals surface area contributed by atoms with Crippen LogP contribution in [0.4, 0.5) is 5.95 Å². The molecule has 1 atom stereocenters. The van der Waals surface area contributed by atoms with Crippen LogP contribution in [0.2, 0.25) is 0 Å². The van der Waals surface area contributed by atoms with Gasteiger partial charge in [-0.2, -0.15) is 14.9 Å². The number of nitrogens with zero attached hydrogens (tertiary/aromatic N) is 5. The van der Waals surface area contributed by atoms with Crippen LogP contribution in [0, 0.1) is 11.3 Å². The molecule has 0 unspecified atom stereocenters. The standard InChI is InChI=1S/C18H15Br2N7O/c1-10(24-17(28)12-5-13(19)7-14(20)6-12)16-25-18(22-2)26-27(16)15-4-3-11(8-21)9-23-15/h3-7,9-10H,1-2H3,(H,22,26)(H,24,28)/t10-/m0/s1. The summed E-state index contributed by atoms with van der Waals surface area (Å²) in [7, 11) is 1.71. The third kappa shape index (κ3) is 4.37. The highest BCUT2D eigenvalue weighted by atomic mass is 79.9. The van der Waals surface area contributed by atoms with Gasteiger partial charge < -0.3 is 10.6 Å². The molecule has 3 rings (SSSR count). The zero-order valence-electron chi connectivity index (χ0n) is 14.9. The molecular weight excluding hydrogens is 490 g/mol. The second kappa shape index (κ2) is 8.50. The van der Waals surface area contributed by atoms with E-state index in [0.717, 1.165) is 8.95 Å². The summed E-state index contributed by atoms with van der Waals surface area (Å²) in [5.74, 6) is 1.15. The molecule has 1 amide bonds. The van der Waals surface area contributed by atoms with Crippen molar-refractivity contribution in [3.63, 3.8) is 0 Å². The van der Waals surface area contributed by atoms with E-state index in [9.17, 15) is 4.79 Å². The molecule has 2 N–H and O–H groups in total. The largest absolute Gasteiger partial charge is 0.356 e. The minimum absolute atomic E-state index is 0.247. The van der Waals surface area contributed by atoms with E-state index in [1.807, 2.05) is 19.1 Å². The summed E-state index contributed by atoms with van der Waals surface area (Å²) >= 11 is 6.77. The Kier molecular flexibility index (Phi) is 6.06. The minimum Gasteiger partial charge on any atom is -0.356 e. The summed E-state index contributed by atoms with van der Waals surface area (Å²) in [6, 6.07) is 10.2. The van der Waals surface area contributed by atoms with E-state index >= 15 is 0 Å². The van der Waals surface area contributed by atoms with Gasteiger partial charge in [0.2, 0.25) is 5.95 Å². The third-order valence-electron chi connectivity index (χ3n) is 3.81. The van der Waals surface area contributed by atoms with Gasteiger partial charge in [0.1, 0.15) is 6.07 Å². The van der Waals surface area contributed by atoms with E-state index in [-0.39, 0.29) is 5.91 Å². The Bertz CT molecular complexity index is 1040. The maximum absolute atomic E-state index is 12.7. The number of amides is 1. The van der Waals surface area contributed by atoms with Crippen LogP contribution in [0.1, 0.15) is 34.7 Å². The predicted molar refractivity (Wildman–Crippen MR) is 111 cm³/mol. The molecular formula is C18H15Br2N7O. The first-order chi connectivity index (χ1) is 13.4. The number of carbonyl (C=O) groups excluding carboxylic acids is 1. The van der Waals surface area contributed by atoms with Crippen LogP contribution in [-0.2, 0) is 0 Å². The van der Waals surface area contributed by atoms with Crippen LogP contribution < -0.4 is 10.6 Å². The van der Waals surface area contributed by atoms with Gasteiger partial charge in [0.15, 0.2) is 11.6 Å². The Morgan fingerprint density at radius 3 is 2.54 bits per heavy atom. The molecule has 0 aliphatic carbocycles. The number of halogens is 2. The van der Waals surface area contributed by atoms with E-state index < -0.39 is 6.04 Å². The average Bonchev–Trinajstić information content (AvgIpc) is 3.12.